The molecule has 0 aromatic heterocycles. The molecule has 1 fully saturated rings. The van der Waals surface area contributed by atoms with Gasteiger partial charge in [0.2, 0.25) is 0 Å². The van der Waals surface area contributed by atoms with Crippen molar-refractivity contribution < 1.29 is 9.84 Å². The van der Waals surface area contributed by atoms with Gasteiger partial charge in [-0.2, -0.15) is 5.26 Å². The summed E-state index contributed by atoms with van der Waals surface area (Å²) in [6.45, 7) is 4.35. The molecule has 0 saturated carbocycles. The van der Waals surface area contributed by atoms with Crippen molar-refractivity contribution in [2.75, 3.05) is 0 Å². The number of nitrogens with zero attached hydrogens (tertiary/aromatic N) is 1. The van der Waals surface area contributed by atoms with E-state index in [0.29, 0.717) is 0 Å². The summed E-state index contributed by atoms with van der Waals surface area (Å²) >= 11 is 0. The lowest BCUT2D eigenvalue weighted by molar-refractivity contribution is 0.183. The third kappa shape index (κ3) is 3.65. The number of rotatable bonds is 7. The molecular formula is C18H23NO2. The lowest BCUT2D eigenvalue weighted by Crippen LogP contribution is -2.08. The molecule has 112 valence electrons. The minimum atomic E-state index is -0.718. The molecule has 21 heavy (non-hydrogen) atoms. The Kier molecular flexibility index (Phi) is 5.03. The van der Waals surface area contributed by atoms with E-state index < -0.39 is 6.10 Å². The molecule has 1 unspecified atom stereocenters. The highest BCUT2D eigenvalue weighted by molar-refractivity contribution is 5.58. The van der Waals surface area contributed by atoms with Crippen molar-refractivity contribution in [1.29, 1.82) is 5.26 Å². The average Bonchev–Trinajstić information content (AvgIpc) is 3.12. The Hall–Kier alpha value is -1.79. The molecule has 1 N–H and O–H groups in total. The maximum atomic E-state index is 9.89. The summed E-state index contributed by atoms with van der Waals surface area (Å²) in [7, 11) is 0. The molecule has 1 aliphatic heterocycles. The van der Waals surface area contributed by atoms with E-state index in [2.05, 4.69) is 19.9 Å². The summed E-state index contributed by atoms with van der Waals surface area (Å²) in [6.07, 6.45) is 5.80. The van der Waals surface area contributed by atoms with Gasteiger partial charge in [-0.1, -0.05) is 44.9 Å². The lowest BCUT2D eigenvalue weighted by Gasteiger charge is -2.07. The van der Waals surface area contributed by atoms with Crippen LogP contribution in [0.2, 0.25) is 0 Å². The largest absolute Gasteiger partial charge is 0.479 e. The molecule has 0 aliphatic carbocycles. The lowest BCUT2D eigenvalue weighted by atomic mass is 9.95. The molecule has 1 saturated heterocycles. The van der Waals surface area contributed by atoms with Crippen LogP contribution in [0.3, 0.4) is 0 Å². The van der Waals surface area contributed by atoms with Crippen molar-refractivity contribution in [3.8, 4) is 6.07 Å². The van der Waals surface area contributed by atoms with Crippen LogP contribution in [0.1, 0.15) is 63.2 Å². The van der Waals surface area contributed by atoms with Crippen LogP contribution in [0.15, 0.2) is 30.0 Å². The molecule has 0 spiro atoms. The first-order valence-electron chi connectivity index (χ1n) is 7.71. The number of hydrogen-bond donors (Lipinski definition) is 1. The second kappa shape index (κ2) is 6.78. The molecule has 0 bridgehead atoms. The van der Waals surface area contributed by atoms with Gasteiger partial charge in [0.15, 0.2) is 5.60 Å². The maximum absolute atomic E-state index is 9.89. The minimum absolute atomic E-state index is 0.0508. The van der Waals surface area contributed by atoms with Gasteiger partial charge in [0.25, 0.3) is 0 Å². The van der Waals surface area contributed by atoms with Crippen molar-refractivity contribution in [1.82, 2.24) is 0 Å². The smallest absolute Gasteiger partial charge is 0.165 e. The van der Waals surface area contributed by atoms with E-state index in [1.165, 1.54) is 0 Å². The van der Waals surface area contributed by atoms with Gasteiger partial charge in [-0.05, 0) is 36.1 Å². The molecule has 2 rings (SSSR count). The number of ether oxygens (including phenoxy) is 1. The zero-order chi connectivity index (χ0) is 15.3. The molecule has 1 atom stereocenters. The van der Waals surface area contributed by atoms with Crippen LogP contribution in [0, 0.1) is 11.3 Å². The van der Waals surface area contributed by atoms with Crippen LogP contribution < -0.4 is 0 Å². The molecular weight excluding hydrogens is 262 g/mol. The fraction of sp³-hybridized carbons (Fsp3) is 0.500. The van der Waals surface area contributed by atoms with Gasteiger partial charge < -0.3 is 9.84 Å². The molecule has 1 heterocycles. The van der Waals surface area contributed by atoms with E-state index in [9.17, 15) is 5.11 Å². The van der Waals surface area contributed by atoms with Crippen LogP contribution in [-0.4, -0.2) is 10.7 Å². The minimum Gasteiger partial charge on any atom is -0.479 e. The Bertz CT molecular complexity index is 551. The SMILES string of the molecule is CCCC1(CCC)O/C1=C/c1cccc(C(O)CC#N)c1. The van der Waals surface area contributed by atoms with Crippen molar-refractivity contribution in [2.24, 2.45) is 0 Å². The molecule has 1 aromatic carbocycles. The fourth-order valence-corrected chi connectivity index (χ4v) is 2.84. The van der Waals surface area contributed by atoms with E-state index in [4.69, 9.17) is 10.00 Å². The standard InChI is InChI=1S/C18H23NO2/c1-3-9-18(10-4-2)17(21-18)13-14-6-5-7-15(12-14)16(20)8-11-19/h5-7,12-13,16,20H,3-4,8-10H2,1-2H3/b17-13+. The predicted molar refractivity (Wildman–Crippen MR) is 83.2 cm³/mol. The van der Waals surface area contributed by atoms with Gasteiger partial charge in [0, 0.05) is 0 Å². The number of aliphatic hydroxyl groups is 1. The number of nitriles is 1. The van der Waals surface area contributed by atoms with Gasteiger partial charge in [0.1, 0.15) is 5.76 Å². The zero-order valence-electron chi connectivity index (χ0n) is 12.8. The van der Waals surface area contributed by atoms with Crippen molar-refractivity contribution in [3.05, 3.63) is 41.2 Å². The summed E-state index contributed by atoms with van der Waals surface area (Å²) in [6, 6.07) is 9.68. The van der Waals surface area contributed by atoms with Crippen molar-refractivity contribution >= 4 is 6.08 Å². The Balaban J connectivity index is 2.15. The fourth-order valence-electron chi connectivity index (χ4n) is 2.84. The monoisotopic (exact) mass is 285 g/mol. The molecule has 3 heteroatoms. The van der Waals surface area contributed by atoms with E-state index in [1.807, 2.05) is 30.3 Å². The molecule has 0 radical (unpaired) electrons. The van der Waals surface area contributed by atoms with E-state index >= 15 is 0 Å². The highest BCUT2D eigenvalue weighted by Crippen LogP contribution is 2.49. The number of benzene rings is 1. The van der Waals surface area contributed by atoms with Crippen molar-refractivity contribution in [3.63, 3.8) is 0 Å². The van der Waals surface area contributed by atoms with Gasteiger partial charge in [-0.3, -0.25) is 0 Å². The van der Waals surface area contributed by atoms with Crippen LogP contribution in [0.4, 0.5) is 0 Å². The Labute approximate surface area is 126 Å². The third-order valence-corrected chi connectivity index (χ3v) is 3.90. The topological polar surface area (TPSA) is 56.5 Å². The predicted octanol–water partition coefficient (Wildman–Crippen LogP) is 4.34. The Morgan fingerprint density at radius 3 is 2.67 bits per heavy atom. The van der Waals surface area contributed by atoms with E-state index in [0.717, 1.165) is 42.6 Å². The zero-order valence-corrected chi connectivity index (χ0v) is 12.8. The van der Waals surface area contributed by atoms with Crippen LogP contribution in [0.25, 0.3) is 6.08 Å². The molecule has 1 aliphatic rings. The third-order valence-electron chi connectivity index (χ3n) is 3.90. The van der Waals surface area contributed by atoms with Gasteiger partial charge in [-0.15, -0.1) is 0 Å². The summed E-state index contributed by atoms with van der Waals surface area (Å²) < 4.78 is 5.88. The maximum Gasteiger partial charge on any atom is 0.165 e. The second-order valence-corrected chi connectivity index (χ2v) is 5.65. The van der Waals surface area contributed by atoms with Gasteiger partial charge in [-0.25, -0.2) is 0 Å². The molecule has 3 nitrogen and oxygen atoms in total. The van der Waals surface area contributed by atoms with E-state index in [1.54, 1.807) is 0 Å². The number of aliphatic hydroxyl groups excluding tert-OH is 1. The number of hydrogen-bond acceptors (Lipinski definition) is 3. The summed E-state index contributed by atoms with van der Waals surface area (Å²) in [5.74, 6) is 1.05. The highest BCUT2D eigenvalue weighted by Gasteiger charge is 2.50. The number of epoxide rings is 1. The summed E-state index contributed by atoms with van der Waals surface area (Å²) in [4.78, 5) is 0. The summed E-state index contributed by atoms with van der Waals surface area (Å²) in [5.41, 5.74) is 1.75. The van der Waals surface area contributed by atoms with Crippen LogP contribution in [-0.2, 0) is 4.74 Å². The summed E-state index contributed by atoms with van der Waals surface area (Å²) in [5, 5.41) is 18.6. The Morgan fingerprint density at radius 2 is 2.05 bits per heavy atom. The molecule has 1 aromatic rings. The van der Waals surface area contributed by atoms with Crippen LogP contribution in [0.5, 0.6) is 0 Å². The van der Waals surface area contributed by atoms with E-state index in [-0.39, 0.29) is 12.0 Å². The average molecular weight is 285 g/mol. The highest BCUT2D eigenvalue weighted by atomic mass is 16.6. The van der Waals surface area contributed by atoms with Crippen molar-refractivity contribution in [2.45, 2.75) is 57.7 Å². The normalized spacial score (nSPS) is 18.9. The van der Waals surface area contributed by atoms with Gasteiger partial charge in [0.05, 0.1) is 18.6 Å². The second-order valence-electron chi connectivity index (χ2n) is 5.65. The van der Waals surface area contributed by atoms with Gasteiger partial charge >= 0.3 is 0 Å². The first-order valence-corrected chi connectivity index (χ1v) is 7.71. The Morgan fingerprint density at radius 1 is 1.33 bits per heavy atom. The van der Waals surface area contributed by atoms with Crippen LogP contribution >= 0.6 is 0 Å². The first kappa shape index (κ1) is 15.6. The quantitative estimate of drug-likeness (QED) is 0.758. The first-order chi connectivity index (χ1) is 10.1. The molecule has 0 amide bonds.